The molecular formula is C16H21ClFNO. The van der Waals surface area contributed by atoms with Gasteiger partial charge in [-0.1, -0.05) is 24.4 Å². The van der Waals surface area contributed by atoms with Gasteiger partial charge in [0.05, 0.1) is 5.60 Å². The van der Waals surface area contributed by atoms with Gasteiger partial charge >= 0.3 is 0 Å². The van der Waals surface area contributed by atoms with Gasteiger partial charge in [-0.3, -0.25) is 4.90 Å². The minimum atomic E-state index is -0.471. The van der Waals surface area contributed by atoms with Crippen molar-refractivity contribution in [2.24, 2.45) is 5.92 Å². The molecule has 0 radical (unpaired) electrons. The van der Waals surface area contributed by atoms with Crippen LogP contribution < -0.4 is 0 Å². The number of fused-ring (bicyclic) bond motifs is 1. The summed E-state index contributed by atoms with van der Waals surface area (Å²) < 4.78 is 13.8. The van der Waals surface area contributed by atoms with Crippen LogP contribution >= 0.6 is 11.6 Å². The van der Waals surface area contributed by atoms with Crippen LogP contribution in [0.4, 0.5) is 4.39 Å². The van der Waals surface area contributed by atoms with E-state index in [2.05, 4.69) is 4.90 Å². The highest BCUT2D eigenvalue weighted by molar-refractivity contribution is 6.30. The van der Waals surface area contributed by atoms with Gasteiger partial charge in [-0.25, -0.2) is 4.39 Å². The average molecular weight is 298 g/mol. The van der Waals surface area contributed by atoms with E-state index in [1.807, 2.05) is 0 Å². The summed E-state index contributed by atoms with van der Waals surface area (Å²) in [6, 6.07) is 4.72. The highest BCUT2D eigenvalue weighted by Crippen LogP contribution is 2.40. The maximum Gasteiger partial charge on any atom is 0.127 e. The Labute approximate surface area is 124 Å². The maximum atomic E-state index is 13.8. The Kier molecular flexibility index (Phi) is 4.02. The zero-order valence-electron chi connectivity index (χ0n) is 11.6. The van der Waals surface area contributed by atoms with Crippen LogP contribution in [-0.4, -0.2) is 28.7 Å². The van der Waals surface area contributed by atoms with E-state index in [0.29, 0.717) is 23.0 Å². The molecule has 2 unspecified atom stereocenters. The topological polar surface area (TPSA) is 23.5 Å². The normalized spacial score (nSPS) is 31.1. The van der Waals surface area contributed by atoms with E-state index in [0.717, 1.165) is 38.8 Å². The van der Waals surface area contributed by atoms with Gasteiger partial charge in [-0.2, -0.15) is 0 Å². The molecule has 0 spiro atoms. The third kappa shape index (κ3) is 2.85. The molecule has 2 atom stereocenters. The summed E-state index contributed by atoms with van der Waals surface area (Å²) in [6.45, 7) is 2.28. The Bertz CT molecular complexity index is 495. The zero-order valence-corrected chi connectivity index (χ0v) is 12.4. The number of rotatable bonds is 2. The molecule has 1 heterocycles. The second-order valence-electron chi connectivity index (χ2n) is 6.27. The first-order valence-corrected chi connectivity index (χ1v) is 7.83. The van der Waals surface area contributed by atoms with Gasteiger partial charge in [-0.15, -0.1) is 0 Å². The minimum Gasteiger partial charge on any atom is -0.390 e. The molecule has 4 heteroatoms. The third-order valence-electron chi connectivity index (χ3n) is 4.91. The van der Waals surface area contributed by atoms with Crippen molar-refractivity contribution in [3.8, 4) is 0 Å². The predicted molar refractivity (Wildman–Crippen MR) is 78.2 cm³/mol. The second-order valence-corrected chi connectivity index (χ2v) is 6.70. The lowest BCUT2D eigenvalue weighted by Gasteiger charge is -2.47. The summed E-state index contributed by atoms with van der Waals surface area (Å²) in [5.74, 6) is 0.145. The quantitative estimate of drug-likeness (QED) is 0.901. The van der Waals surface area contributed by atoms with Crippen molar-refractivity contribution in [3.05, 3.63) is 34.6 Å². The highest BCUT2D eigenvalue weighted by atomic mass is 35.5. The lowest BCUT2D eigenvalue weighted by atomic mass is 9.71. The maximum absolute atomic E-state index is 13.8. The highest BCUT2D eigenvalue weighted by Gasteiger charge is 2.42. The second kappa shape index (κ2) is 5.63. The van der Waals surface area contributed by atoms with Gasteiger partial charge in [0.25, 0.3) is 0 Å². The van der Waals surface area contributed by atoms with Crippen LogP contribution in [0.2, 0.25) is 5.02 Å². The van der Waals surface area contributed by atoms with Crippen molar-refractivity contribution in [2.45, 2.75) is 44.2 Å². The SMILES string of the molecule is OC12CCCCC1CN(Cc1cc(Cl)ccc1F)CC2. The lowest BCUT2D eigenvalue weighted by Crippen LogP contribution is -2.53. The first kappa shape index (κ1) is 14.3. The van der Waals surface area contributed by atoms with E-state index >= 15 is 0 Å². The number of piperidine rings is 1. The molecule has 1 aliphatic carbocycles. The first-order valence-electron chi connectivity index (χ1n) is 7.45. The summed E-state index contributed by atoms with van der Waals surface area (Å²) in [6.07, 6.45) is 5.16. The van der Waals surface area contributed by atoms with Crippen LogP contribution in [0.1, 0.15) is 37.7 Å². The summed E-state index contributed by atoms with van der Waals surface area (Å²) >= 11 is 5.94. The van der Waals surface area contributed by atoms with Crippen molar-refractivity contribution in [1.29, 1.82) is 0 Å². The monoisotopic (exact) mass is 297 g/mol. The summed E-state index contributed by atoms with van der Waals surface area (Å²) in [4.78, 5) is 2.25. The van der Waals surface area contributed by atoms with Crippen LogP contribution in [0.15, 0.2) is 18.2 Å². The number of hydrogen-bond donors (Lipinski definition) is 1. The van der Waals surface area contributed by atoms with E-state index < -0.39 is 5.60 Å². The molecule has 1 N–H and O–H groups in total. The fraction of sp³-hybridized carbons (Fsp3) is 0.625. The van der Waals surface area contributed by atoms with Crippen LogP contribution in [0.3, 0.4) is 0 Å². The standard InChI is InChI=1S/C16H21ClFNO/c17-14-4-5-15(18)12(9-14)10-19-8-7-16(20)6-2-1-3-13(16)11-19/h4-5,9,13,20H,1-3,6-8,10-11H2. The minimum absolute atomic E-state index is 0.195. The molecule has 0 amide bonds. The van der Waals surface area contributed by atoms with E-state index in [4.69, 9.17) is 11.6 Å². The van der Waals surface area contributed by atoms with E-state index in [-0.39, 0.29) is 5.82 Å². The number of benzene rings is 1. The molecule has 1 aliphatic heterocycles. The molecule has 1 aromatic carbocycles. The van der Waals surface area contributed by atoms with Gasteiger partial charge in [0.1, 0.15) is 5.82 Å². The molecule has 1 saturated carbocycles. The van der Waals surface area contributed by atoms with Crippen LogP contribution in [0.5, 0.6) is 0 Å². The molecule has 2 fully saturated rings. The van der Waals surface area contributed by atoms with Crippen LogP contribution in [0, 0.1) is 11.7 Å². The summed E-state index contributed by atoms with van der Waals surface area (Å²) in [5, 5.41) is 11.2. The van der Waals surface area contributed by atoms with Crippen molar-refractivity contribution in [2.75, 3.05) is 13.1 Å². The number of halogens is 2. The van der Waals surface area contributed by atoms with Crippen LogP contribution in [-0.2, 0) is 6.54 Å². The third-order valence-corrected chi connectivity index (χ3v) is 5.15. The van der Waals surface area contributed by atoms with Gasteiger partial charge < -0.3 is 5.11 Å². The number of nitrogens with zero attached hydrogens (tertiary/aromatic N) is 1. The zero-order chi connectivity index (χ0) is 14.2. The number of likely N-dealkylation sites (tertiary alicyclic amines) is 1. The van der Waals surface area contributed by atoms with E-state index in [1.165, 1.54) is 12.5 Å². The Morgan fingerprint density at radius 3 is 3.05 bits per heavy atom. The molecule has 20 heavy (non-hydrogen) atoms. The largest absolute Gasteiger partial charge is 0.390 e. The van der Waals surface area contributed by atoms with Gasteiger partial charge in [0.15, 0.2) is 0 Å². The molecular weight excluding hydrogens is 277 g/mol. The molecule has 1 aromatic rings. The van der Waals surface area contributed by atoms with Gasteiger partial charge in [0.2, 0.25) is 0 Å². The fourth-order valence-corrected chi connectivity index (χ4v) is 3.88. The van der Waals surface area contributed by atoms with Crippen molar-refractivity contribution >= 4 is 11.6 Å². The van der Waals surface area contributed by atoms with Crippen molar-refractivity contribution < 1.29 is 9.50 Å². The average Bonchev–Trinajstić information content (AvgIpc) is 2.43. The molecule has 0 bridgehead atoms. The lowest BCUT2D eigenvalue weighted by molar-refractivity contribution is -0.0968. The number of aliphatic hydroxyl groups is 1. The molecule has 2 aliphatic rings. The van der Waals surface area contributed by atoms with Gasteiger partial charge in [-0.05, 0) is 37.5 Å². The van der Waals surface area contributed by atoms with Gasteiger partial charge in [0, 0.05) is 36.1 Å². The Morgan fingerprint density at radius 2 is 2.20 bits per heavy atom. The van der Waals surface area contributed by atoms with Crippen LogP contribution in [0.25, 0.3) is 0 Å². The molecule has 110 valence electrons. The number of hydrogen-bond acceptors (Lipinski definition) is 2. The smallest absolute Gasteiger partial charge is 0.127 e. The van der Waals surface area contributed by atoms with E-state index in [9.17, 15) is 9.50 Å². The summed E-state index contributed by atoms with van der Waals surface area (Å²) in [7, 11) is 0. The van der Waals surface area contributed by atoms with Crippen molar-refractivity contribution in [1.82, 2.24) is 4.90 Å². The molecule has 0 aromatic heterocycles. The Balaban J connectivity index is 1.69. The molecule has 3 rings (SSSR count). The fourth-order valence-electron chi connectivity index (χ4n) is 3.69. The predicted octanol–water partition coefficient (Wildman–Crippen LogP) is 3.61. The molecule has 1 saturated heterocycles. The van der Waals surface area contributed by atoms with Crippen molar-refractivity contribution in [3.63, 3.8) is 0 Å². The van der Waals surface area contributed by atoms with E-state index in [1.54, 1.807) is 12.1 Å². The first-order chi connectivity index (χ1) is 9.57. The Morgan fingerprint density at radius 1 is 1.35 bits per heavy atom. The Hall–Kier alpha value is -0.640. The summed E-state index contributed by atoms with van der Waals surface area (Å²) in [5.41, 5.74) is 0.181. The molecule has 2 nitrogen and oxygen atoms in total.